The number of hydrogen-bond donors (Lipinski definition) is 0. The molecule has 8 heteroatoms. The molecular weight excluding hydrogens is 310 g/mol. The number of rotatable bonds is 5. The molecule has 24 heavy (non-hydrogen) atoms. The largest absolute Gasteiger partial charge is 0.361 e. The average Bonchev–Trinajstić information content (AvgIpc) is 3.21. The number of ether oxygens (including phenoxy) is 1. The van der Waals surface area contributed by atoms with Gasteiger partial charge in [-0.15, -0.1) is 0 Å². The first kappa shape index (κ1) is 16.6. The summed E-state index contributed by atoms with van der Waals surface area (Å²) < 4.78 is 12.8. The molecule has 1 saturated heterocycles. The molecule has 2 aromatic heterocycles. The molecule has 1 atom stereocenters. The van der Waals surface area contributed by atoms with Gasteiger partial charge in [-0.2, -0.15) is 4.98 Å². The lowest BCUT2D eigenvalue weighted by molar-refractivity contribution is -0.139. The lowest BCUT2D eigenvalue weighted by atomic mass is 9.97. The van der Waals surface area contributed by atoms with Crippen LogP contribution in [0.1, 0.15) is 49.3 Å². The number of nitrogens with zero attached hydrogens (tertiary/aromatic N) is 5. The molecule has 0 bridgehead atoms. The quantitative estimate of drug-likeness (QED) is 0.826. The van der Waals surface area contributed by atoms with E-state index in [2.05, 4.69) is 15.1 Å². The minimum Gasteiger partial charge on any atom is -0.361 e. The third-order valence-corrected chi connectivity index (χ3v) is 4.42. The predicted octanol–water partition coefficient (Wildman–Crippen LogP) is 1.60. The van der Waals surface area contributed by atoms with E-state index in [1.807, 2.05) is 36.6 Å². The van der Waals surface area contributed by atoms with E-state index in [4.69, 9.17) is 9.26 Å². The Balaban J connectivity index is 1.46. The number of aromatic nitrogens is 4. The number of aryl methyl sites for hydroxylation is 2. The summed E-state index contributed by atoms with van der Waals surface area (Å²) in [4.78, 5) is 22.7. The second-order valence-electron chi connectivity index (χ2n) is 6.18. The Hall–Kier alpha value is -2.22. The maximum absolute atomic E-state index is 12.3. The van der Waals surface area contributed by atoms with Crippen LogP contribution in [0.4, 0.5) is 0 Å². The molecular formula is C16H23N5O3. The highest BCUT2D eigenvalue weighted by atomic mass is 16.5. The van der Waals surface area contributed by atoms with Crippen LogP contribution in [0.15, 0.2) is 16.9 Å². The molecule has 0 aliphatic carbocycles. The number of imidazole rings is 1. The van der Waals surface area contributed by atoms with Gasteiger partial charge in [0.1, 0.15) is 18.5 Å². The van der Waals surface area contributed by atoms with Crippen molar-refractivity contribution in [1.29, 1.82) is 0 Å². The molecule has 1 unspecified atom stereocenters. The molecule has 2 aromatic rings. The van der Waals surface area contributed by atoms with Crippen molar-refractivity contribution in [3.05, 3.63) is 29.9 Å². The van der Waals surface area contributed by atoms with Gasteiger partial charge in [-0.25, -0.2) is 4.98 Å². The normalized spacial score (nSPS) is 17.2. The number of amides is 1. The molecule has 1 aliphatic heterocycles. The molecule has 1 fully saturated rings. The Bertz CT molecular complexity index is 687. The number of carbonyl (C=O) groups is 1. The van der Waals surface area contributed by atoms with Gasteiger partial charge in [0.25, 0.3) is 0 Å². The van der Waals surface area contributed by atoms with Gasteiger partial charge >= 0.3 is 0 Å². The SMILES string of the molecule is Cc1noc(C2CCN(C(=O)COC(C)c3nccn3C)CC2)n1. The fraction of sp³-hybridized carbons (Fsp3) is 0.625. The van der Waals surface area contributed by atoms with Crippen molar-refractivity contribution in [1.82, 2.24) is 24.6 Å². The maximum atomic E-state index is 12.3. The van der Waals surface area contributed by atoms with E-state index >= 15 is 0 Å². The topological polar surface area (TPSA) is 86.3 Å². The summed E-state index contributed by atoms with van der Waals surface area (Å²) in [5.41, 5.74) is 0. The number of carbonyl (C=O) groups excluding carboxylic acids is 1. The van der Waals surface area contributed by atoms with E-state index < -0.39 is 0 Å². The van der Waals surface area contributed by atoms with Crippen LogP contribution in [0.3, 0.4) is 0 Å². The van der Waals surface area contributed by atoms with Crippen molar-refractivity contribution in [2.24, 2.45) is 7.05 Å². The van der Waals surface area contributed by atoms with Crippen molar-refractivity contribution in [2.45, 2.75) is 38.7 Å². The van der Waals surface area contributed by atoms with Gasteiger partial charge in [0.15, 0.2) is 5.82 Å². The van der Waals surface area contributed by atoms with E-state index in [0.717, 1.165) is 18.7 Å². The highest BCUT2D eigenvalue weighted by Crippen LogP contribution is 2.26. The summed E-state index contributed by atoms with van der Waals surface area (Å²) in [5, 5.41) is 3.83. The maximum Gasteiger partial charge on any atom is 0.248 e. The molecule has 0 radical (unpaired) electrons. The molecule has 0 saturated carbocycles. The molecule has 3 rings (SSSR count). The number of likely N-dealkylation sites (tertiary alicyclic amines) is 1. The first-order valence-electron chi connectivity index (χ1n) is 8.21. The van der Waals surface area contributed by atoms with Crippen LogP contribution in [0, 0.1) is 6.92 Å². The zero-order valence-electron chi connectivity index (χ0n) is 14.3. The van der Waals surface area contributed by atoms with Crippen molar-refractivity contribution in [3.63, 3.8) is 0 Å². The third-order valence-electron chi connectivity index (χ3n) is 4.42. The Morgan fingerprint density at radius 3 is 2.79 bits per heavy atom. The van der Waals surface area contributed by atoms with Gasteiger partial charge in [0, 0.05) is 38.4 Å². The first-order chi connectivity index (χ1) is 11.5. The van der Waals surface area contributed by atoms with Crippen molar-refractivity contribution < 1.29 is 14.1 Å². The van der Waals surface area contributed by atoms with Gasteiger partial charge < -0.3 is 18.7 Å². The standard InChI is InChI=1S/C16H23N5O3/c1-11(15-17-6-9-20(15)3)23-10-14(22)21-7-4-13(5-8-21)16-18-12(2)19-24-16/h6,9,11,13H,4-5,7-8,10H2,1-3H3. The second kappa shape index (κ2) is 7.12. The summed E-state index contributed by atoms with van der Waals surface area (Å²) in [5.74, 6) is 2.39. The van der Waals surface area contributed by atoms with Crippen molar-refractivity contribution in [2.75, 3.05) is 19.7 Å². The highest BCUT2D eigenvalue weighted by Gasteiger charge is 2.27. The first-order valence-corrected chi connectivity index (χ1v) is 8.21. The Kier molecular flexibility index (Phi) is 4.94. The van der Waals surface area contributed by atoms with Crippen LogP contribution in [0.2, 0.25) is 0 Å². The summed E-state index contributed by atoms with van der Waals surface area (Å²) >= 11 is 0. The lowest BCUT2D eigenvalue weighted by Gasteiger charge is -2.30. The summed E-state index contributed by atoms with van der Waals surface area (Å²) in [6.07, 6.45) is 5.04. The van der Waals surface area contributed by atoms with Crippen molar-refractivity contribution >= 4 is 5.91 Å². The van der Waals surface area contributed by atoms with Gasteiger partial charge in [0.05, 0.1) is 0 Å². The van der Waals surface area contributed by atoms with Crippen LogP contribution >= 0.6 is 0 Å². The van der Waals surface area contributed by atoms with Crippen LogP contribution in [0.25, 0.3) is 0 Å². The van der Waals surface area contributed by atoms with E-state index in [1.54, 1.807) is 6.20 Å². The Morgan fingerprint density at radius 1 is 1.46 bits per heavy atom. The summed E-state index contributed by atoms with van der Waals surface area (Å²) in [6, 6.07) is 0. The monoisotopic (exact) mass is 333 g/mol. The van der Waals surface area contributed by atoms with E-state index in [0.29, 0.717) is 24.8 Å². The molecule has 0 N–H and O–H groups in total. The smallest absolute Gasteiger partial charge is 0.248 e. The molecule has 130 valence electrons. The molecule has 0 aromatic carbocycles. The van der Waals surface area contributed by atoms with Gasteiger partial charge in [0.2, 0.25) is 11.8 Å². The fourth-order valence-electron chi connectivity index (χ4n) is 2.99. The van der Waals surface area contributed by atoms with E-state index in [1.165, 1.54) is 0 Å². The average molecular weight is 333 g/mol. The van der Waals surface area contributed by atoms with E-state index in [-0.39, 0.29) is 24.5 Å². The van der Waals surface area contributed by atoms with Gasteiger partial charge in [-0.3, -0.25) is 4.79 Å². The summed E-state index contributed by atoms with van der Waals surface area (Å²) in [7, 11) is 1.91. The molecule has 1 amide bonds. The minimum atomic E-state index is -0.215. The molecule has 0 spiro atoms. The lowest BCUT2D eigenvalue weighted by Crippen LogP contribution is -2.40. The van der Waals surface area contributed by atoms with Crippen LogP contribution in [-0.4, -0.2) is 50.2 Å². The highest BCUT2D eigenvalue weighted by molar-refractivity contribution is 5.77. The molecule has 8 nitrogen and oxygen atoms in total. The predicted molar refractivity (Wildman–Crippen MR) is 85.2 cm³/mol. The van der Waals surface area contributed by atoms with E-state index in [9.17, 15) is 4.79 Å². The molecule has 3 heterocycles. The Morgan fingerprint density at radius 2 is 2.21 bits per heavy atom. The van der Waals surface area contributed by atoms with Gasteiger partial charge in [-0.1, -0.05) is 5.16 Å². The minimum absolute atomic E-state index is 0.0104. The van der Waals surface area contributed by atoms with Crippen molar-refractivity contribution in [3.8, 4) is 0 Å². The number of hydrogen-bond acceptors (Lipinski definition) is 6. The zero-order valence-corrected chi connectivity index (χ0v) is 14.3. The second-order valence-corrected chi connectivity index (χ2v) is 6.18. The van der Waals surface area contributed by atoms with Crippen LogP contribution in [0.5, 0.6) is 0 Å². The summed E-state index contributed by atoms with van der Waals surface area (Å²) in [6.45, 7) is 5.15. The third kappa shape index (κ3) is 3.64. The zero-order chi connectivity index (χ0) is 17.1. The Labute approximate surface area is 140 Å². The molecule has 1 aliphatic rings. The van der Waals surface area contributed by atoms with Gasteiger partial charge in [-0.05, 0) is 26.7 Å². The van der Waals surface area contributed by atoms with Crippen LogP contribution in [-0.2, 0) is 16.6 Å². The fourth-order valence-corrected chi connectivity index (χ4v) is 2.99. The van der Waals surface area contributed by atoms with Crippen LogP contribution < -0.4 is 0 Å². The number of piperidine rings is 1.